The number of halogens is 2. The summed E-state index contributed by atoms with van der Waals surface area (Å²) in [7, 11) is 0. The third kappa shape index (κ3) is 4.76. The van der Waals surface area contributed by atoms with Crippen molar-refractivity contribution in [2.75, 3.05) is 13.1 Å². The summed E-state index contributed by atoms with van der Waals surface area (Å²) in [6.07, 6.45) is 6.96. The lowest BCUT2D eigenvalue weighted by Crippen LogP contribution is -2.54. The number of nitrogens with one attached hydrogen (secondary N) is 1. The Morgan fingerprint density at radius 2 is 1.79 bits per heavy atom. The Morgan fingerprint density at radius 1 is 1.15 bits per heavy atom. The van der Waals surface area contributed by atoms with Crippen molar-refractivity contribution in [2.24, 2.45) is 5.92 Å². The van der Waals surface area contributed by atoms with E-state index >= 15 is 0 Å². The minimum atomic E-state index is -1.03. The Bertz CT molecular complexity index is 1080. The monoisotopic (exact) mass is 454 g/mol. The molecule has 0 saturated carbocycles. The van der Waals surface area contributed by atoms with Gasteiger partial charge in [0.25, 0.3) is 5.91 Å². The molecule has 0 bridgehead atoms. The first kappa shape index (κ1) is 22.6. The molecule has 0 spiro atoms. The zero-order chi connectivity index (χ0) is 23.6. The average molecular weight is 454 g/mol. The van der Waals surface area contributed by atoms with E-state index in [2.05, 4.69) is 10.3 Å². The Hall–Kier alpha value is -3.62. The fourth-order valence-electron chi connectivity index (χ4n) is 4.43. The van der Waals surface area contributed by atoms with Crippen LogP contribution in [0.2, 0.25) is 0 Å². The topological polar surface area (TPSA) is 82.6 Å². The van der Waals surface area contributed by atoms with Crippen LogP contribution in [0.5, 0.6) is 0 Å². The second kappa shape index (κ2) is 9.09. The lowest BCUT2D eigenvalue weighted by atomic mass is 9.79. The summed E-state index contributed by atoms with van der Waals surface area (Å²) < 4.78 is 26.6. The first-order valence-electron chi connectivity index (χ1n) is 10.7. The number of carbonyl (C=O) groups is 3. The molecule has 0 aliphatic carbocycles. The summed E-state index contributed by atoms with van der Waals surface area (Å²) in [4.78, 5) is 45.0. The van der Waals surface area contributed by atoms with Gasteiger partial charge in [0.2, 0.25) is 5.91 Å². The quantitative estimate of drug-likeness (QED) is 0.556. The maximum absolute atomic E-state index is 13.3. The zero-order valence-electron chi connectivity index (χ0n) is 18.1. The van der Waals surface area contributed by atoms with E-state index in [1.807, 2.05) is 0 Å². The molecule has 1 aromatic carbocycles. The van der Waals surface area contributed by atoms with E-state index in [0.717, 1.165) is 23.8 Å². The van der Waals surface area contributed by atoms with Gasteiger partial charge in [0.05, 0.1) is 6.54 Å². The molecule has 4 rings (SSSR count). The molecule has 2 aliphatic heterocycles. The van der Waals surface area contributed by atoms with Crippen molar-refractivity contribution in [1.29, 1.82) is 0 Å². The summed E-state index contributed by atoms with van der Waals surface area (Å²) in [6, 6.07) is 6.14. The molecule has 1 atom stereocenters. The molecular weight excluding hydrogens is 430 g/mol. The van der Waals surface area contributed by atoms with Gasteiger partial charge in [0.15, 0.2) is 0 Å². The van der Waals surface area contributed by atoms with E-state index in [0.29, 0.717) is 25.9 Å². The molecule has 1 unspecified atom stereocenters. The van der Waals surface area contributed by atoms with Crippen LogP contribution in [0.25, 0.3) is 6.08 Å². The highest BCUT2D eigenvalue weighted by molar-refractivity contribution is 6.07. The molecule has 2 aromatic rings. The number of benzene rings is 1. The number of pyridine rings is 1. The van der Waals surface area contributed by atoms with E-state index in [9.17, 15) is 23.2 Å². The van der Waals surface area contributed by atoms with Gasteiger partial charge in [-0.2, -0.15) is 0 Å². The molecule has 7 nitrogen and oxygen atoms in total. The second-order valence-corrected chi connectivity index (χ2v) is 8.51. The number of nitrogens with zero attached hydrogens (tertiary/aromatic N) is 3. The van der Waals surface area contributed by atoms with Gasteiger partial charge in [0, 0.05) is 37.6 Å². The van der Waals surface area contributed by atoms with Gasteiger partial charge in [-0.15, -0.1) is 0 Å². The van der Waals surface area contributed by atoms with Gasteiger partial charge in [-0.1, -0.05) is 0 Å². The molecule has 172 valence electrons. The maximum Gasteiger partial charge on any atom is 0.325 e. The largest absolute Gasteiger partial charge is 0.339 e. The SMILES string of the molecule is CC1(C2CCN(C(=O)/C=C/c3cc(F)cc(F)c3)CC2)NC(=O)N(Cc2ccncc2)C1=O. The fraction of sp³-hybridized carbons (Fsp3) is 0.333. The third-order valence-electron chi connectivity index (χ3n) is 6.32. The molecule has 2 fully saturated rings. The Kier molecular flexibility index (Phi) is 6.22. The molecule has 2 saturated heterocycles. The molecule has 0 radical (unpaired) electrons. The lowest BCUT2D eigenvalue weighted by molar-refractivity contribution is -0.134. The van der Waals surface area contributed by atoms with Crippen LogP contribution in [0, 0.1) is 17.6 Å². The molecule has 3 heterocycles. The number of amides is 4. The zero-order valence-corrected chi connectivity index (χ0v) is 18.1. The van der Waals surface area contributed by atoms with Crippen molar-refractivity contribution in [2.45, 2.75) is 31.8 Å². The Balaban J connectivity index is 1.37. The van der Waals surface area contributed by atoms with Crippen molar-refractivity contribution in [3.05, 3.63) is 71.6 Å². The van der Waals surface area contributed by atoms with E-state index < -0.39 is 23.2 Å². The van der Waals surface area contributed by atoms with Crippen LogP contribution in [0.3, 0.4) is 0 Å². The molecule has 1 aromatic heterocycles. The molecule has 9 heteroatoms. The third-order valence-corrected chi connectivity index (χ3v) is 6.32. The first-order valence-corrected chi connectivity index (χ1v) is 10.7. The summed E-state index contributed by atoms with van der Waals surface area (Å²) in [5.74, 6) is -2.09. The molecular formula is C24H24F2N4O3. The smallest absolute Gasteiger partial charge is 0.325 e. The van der Waals surface area contributed by atoms with Crippen LogP contribution in [0.1, 0.15) is 30.9 Å². The number of urea groups is 1. The van der Waals surface area contributed by atoms with Crippen molar-refractivity contribution in [3.8, 4) is 0 Å². The summed E-state index contributed by atoms with van der Waals surface area (Å²) >= 11 is 0. The van der Waals surface area contributed by atoms with E-state index in [1.165, 1.54) is 17.1 Å². The molecule has 2 aliphatic rings. The van der Waals surface area contributed by atoms with Gasteiger partial charge >= 0.3 is 6.03 Å². The Morgan fingerprint density at radius 3 is 2.42 bits per heavy atom. The predicted octanol–water partition coefficient (Wildman–Crippen LogP) is 3.12. The van der Waals surface area contributed by atoms with Crippen LogP contribution in [-0.4, -0.2) is 51.3 Å². The van der Waals surface area contributed by atoms with Gasteiger partial charge < -0.3 is 10.2 Å². The minimum absolute atomic E-state index is 0.123. The van der Waals surface area contributed by atoms with Crippen molar-refractivity contribution >= 4 is 23.9 Å². The van der Waals surface area contributed by atoms with E-state index in [-0.39, 0.29) is 29.8 Å². The van der Waals surface area contributed by atoms with E-state index in [1.54, 1.807) is 36.4 Å². The van der Waals surface area contributed by atoms with Crippen molar-refractivity contribution in [1.82, 2.24) is 20.1 Å². The number of likely N-dealkylation sites (tertiary alicyclic amines) is 1. The van der Waals surface area contributed by atoms with Gasteiger partial charge in [0.1, 0.15) is 17.2 Å². The molecule has 4 amide bonds. The standard InChI is InChI=1S/C24H24F2N4O3/c1-24(22(32)30(23(33)28-24)15-16-4-8-27-9-5-16)18-6-10-29(11-7-18)21(31)3-2-17-12-19(25)14-20(26)13-17/h2-5,8-9,12-14,18H,6-7,10-11,15H2,1H3,(H,28,33)/b3-2+. The number of hydrogen-bond donors (Lipinski definition) is 1. The highest BCUT2D eigenvalue weighted by Gasteiger charge is 2.52. The predicted molar refractivity (Wildman–Crippen MR) is 116 cm³/mol. The fourth-order valence-corrected chi connectivity index (χ4v) is 4.43. The first-order chi connectivity index (χ1) is 15.8. The van der Waals surface area contributed by atoms with Crippen molar-refractivity contribution in [3.63, 3.8) is 0 Å². The summed E-state index contributed by atoms with van der Waals surface area (Å²) in [5.41, 5.74) is 0.0358. The average Bonchev–Trinajstić information content (AvgIpc) is 3.01. The number of aromatic nitrogens is 1. The number of imide groups is 1. The van der Waals surface area contributed by atoms with Crippen LogP contribution >= 0.6 is 0 Å². The highest BCUT2D eigenvalue weighted by Crippen LogP contribution is 2.34. The number of rotatable bonds is 5. The van der Waals surface area contributed by atoms with Crippen molar-refractivity contribution < 1.29 is 23.2 Å². The summed E-state index contributed by atoms with van der Waals surface area (Å²) in [5, 5.41) is 2.85. The normalized spacial score (nSPS) is 21.7. The molecule has 1 N–H and O–H groups in total. The number of hydrogen-bond acceptors (Lipinski definition) is 4. The minimum Gasteiger partial charge on any atom is -0.339 e. The summed E-state index contributed by atoms with van der Waals surface area (Å²) in [6.45, 7) is 2.73. The number of carbonyl (C=O) groups excluding carboxylic acids is 3. The Labute approximate surface area is 190 Å². The number of piperidine rings is 1. The lowest BCUT2D eigenvalue weighted by Gasteiger charge is -2.38. The second-order valence-electron chi connectivity index (χ2n) is 8.51. The van der Waals surface area contributed by atoms with Crippen LogP contribution in [-0.2, 0) is 16.1 Å². The van der Waals surface area contributed by atoms with Crippen LogP contribution in [0.15, 0.2) is 48.8 Å². The van der Waals surface area contributed by atoms with Crippen LogP contribution in [0.4, 0.5) is 13.6 Å². The van der Waals surface area contributed by atoms with E-state index in [4.69, 9.17) is 0 Å². The van der Waals surface area contributed by atoms with Gasteiger partial charge in [-0.25, -0.2) is 13.6 Å². The van der Waals surface area contributed by atoms with Crippen LogP contribution < -0.4 is 5.32 Å². The van der Waals surface area contributed by atoms with Gasteiger partial charge in [-0.3, -0.25) is 19.5 Å². The van der Waals surface area contributed by atoms with Gasteiger partial charge in [-0.05, 0) is 67.2 Å². The maximum atomic E-state index is 13.3. The highest BCUT2D eigenvalue weighted by atomic mass is 19.1. The molecule has 33 heavy (non-hydrogen) atoms.